The third kappa shape index (κ3) is 18.5. The Kier molecular flexibility index (Phi) is 24.0. The SMILES string of the molecule is CCCCCCCCCCCCCCCCCC(=O)N(CCCOC)C[C@H](O)[C@@H](O)[C@H](O)[C@H](O)CO. The molecule has 8 nitrogen and oxygen atoms in total. The Balaban J connectivity index is 4.05. The minimum atomic E-state index is -1.70. The zero-order chi connectivity index (χ0) is 27.0. The van der Waals surface area contributed by atoms with Gasteiger partial charge in [-0.25, -0.2) is 0 Å². The number of carbonyl (C=O) groups is 1. The molecule has 0 saturated carbocycles. The highest BCUT2D eigenvalue weighted by Gasteiger charge is 2.31. The van der Waals surface area contributed by atoms with Crippen molar-refractivity contribution in [1.29, 1.82) is 0 Å². The Morgan fingerprint density at radius 3 is 1.58 bits per heavy atom. The van der Waals surface area contributed by atoms with E-state index in [4.69, 9.17) is 9.84 Å². The Morgan fingerprint density at radius 2 is 1.14 bits per heavy atom. The van der Waals surface area contributed by atoms with Crippen molar-refractivity contribution >= 4 is 5.91 Å². The molecule has 0 spiro atoms. The predicted octanol–water partition coefficient (Wildman–Crippen LogP) is 3.55. The highest BCUT2D eigenvalue weighted by molar-refractivity contribution is 5.76. The molecule has 0 aromatic rings. The second-order valence-corrected chi connectivity index (χ2v) is 10.2. The van der Waals surface area contributed by atoms with Crippen molar-refractivity contribution in [3.8, 4) is 0 Å². The fraction of sp³-hybridized carbons (Fsp3) is 0.964. The molecule has 0 unspecified atom stereocenters. The topological polar surface area (TPSA) is 131 Å². The van der Waals surface area contributed by atoms with E-state index in [1.165, 1.54) is 81.9 Å². The number of methoxy groups -OCH3 is 1. The van der Waals surface area contributed by atoms with Crippen LogP contribution in [-0.4, -0.2) is 94.2 Å². The summed E-state index contributed by atoms with van der Waals surface area (Å²) < 4.78 is 5.05. The molecule has 0 aliphatic heterocycles. The molecule has 8 heteroatoms. The van der Waals surface area contributed by atoms with Crippen molar-refractivity contribution in [3.63, 3.8) is 0 Å². The summed E-state index contributed by atoms with van der Waals surface area (Å²) in [4.78, 5) is 14.2. The quantitative estimate of drug-likeness (QED) is 0.110. The van der Waals surface area contributed by atoms with Gasteiger partial charge in [-0.05, 0) is 12.8 Å². The first-order valence-electron chi connectivity index (χ1n) is 14.5. The largest absolute Gasteiger partial charge is 0.394 e. The average molecular weight is 520 g/mol. The fourth-order valence-electron chi connectivity index (χ4n) is 4.42. The number of carbonyl (C=O) groups excluding carboxylic acids is 1. The van der Waals surface area contributed by atoms with Gasteiger partial charge in [-0.15, -0.1) is 0 Å². The highest BCUT2D eigenvalue weighted by atomic mass is 16.5. The van der Waals surface area contributed by atoms with Crippen LogP contribution in [0, 0.1) is 0 Å². The van der Waals surface area contributed by atoms with Gasteiger partial charge in [0.2, 0.25) is 5.91 Å². The monoisotopic (exact) mass is 519 g/mol. The summed E-state index contributed by atoms with van der Waals surface area (Å²) in [5.41, 5.74) is 0. The van der Waals surface area contributed by atoms with Crippen molar-refractivity contribution in [1.82, 2.24) is 4.90 Å². The van der Waals surface area contributed by atoms with E-state index in [0.717, 1.165) is 19.3 Å². The van der Waals surface area contributed by atoms with E-state index in [1.807, 2.05) is 0 Å². The molecule has 36 heavy (non-hydrogen) atoms. The lowest BCUT2D eigenvalue weighted by Gasteiger charge is -2.30. The summed E-state index contributed by atoms with van der Waals surface area (Å²) in [6, 6.07) is 0. The molecule has 0 heterocycles. The highest BCUT2D eigenvalue weighted by Crippen LogP contribution is 2.15. The number of hydrogen-bond acceptors (Lipinski definition) is 7. The van der Waals surface area contributed by atoms with E-state index >= 15 is 0 Å². The van der Waals surface area contributed by atoms with Crippen LogP contribution < -0.4 is 0 Å². The van der Waals surface area contributed by atoms with Crippen LogP contribution in [0.2, 0.25) is 0 Å². The maximum Gasteiger partial charge on any atom is 0.222 e. The first-order chi connectivity index (χ1) is 17.4. The third-order valence-corrected chi connectivity index (χ3v) is 6.86. The lowest BCUT2D eigenvalue weighted by atomic mass is 10.0. The molecule has 1 amide bonds. The van der Waals surface area contributed by atoms with E-state index in [1.54, 1.807) is 7.11 Å². The van der Waals surface area contributed by atoms with Crippen LogP contribution in [0.3, 0.4) is 0 Å². The molecule has 4 atom stereocenters. The number of amides is 1. The van der Waals surface area contributed by atoms with Gasteiger partial charge in [-0.3, -0.25) is 4.79 Å². The van der Waals surface area contributed by atoms with Gasteiger partial charge in [-0.2, -0.15) is 0 Å². The molecule has 0 aliphatic rings. The standard InChI is InChI=1S/C28H57NO7/c1-3-4-5-6-7-8-9-10-11-12-13-14-15-16-17-19-26(33)29(20-18-21-36-2)22-24(31)27(34)28(35)25(32)23-30/h24-25,27-28,30-32,34-35H,3-23H2,1-2H3/t24-,25+,27+,28+/m0/s1. The van der Waals surface area contributed by atoms with Crippen LogP contribution in [0.1, 0.15) is 116 Å². The summed E-state index contributed by atoms with van der Waals surface area (Å²) >= 11 is 0. The minimum absolute atomic E-state index is 0.107. The number of unbranched alkanes of at least 4 members (excludes halogenated alkanes) is 14. The summed E-state index contributed by atoms with van der Waals surface area (Å²) in [7, 11) is 1.58. The van der Waals surface area contributed by atoms with Gasteiger partial charge in [0.05, 0.1) is 6.61 Å². The number of aliphatic hydroxyl groups is 5. The molecule has 216 valence electrons. The summed E-state index contributed by atoms with van der Waals surface area (Å²) in [6.07, 6.45) is 13.5. The normalized spacial score (nSPS) is 15.0. The van der Waals surface area contributed by atoms with Crippen LogP contribution in [0.15, 0.2) is 0 Å². The molecule has 0 radical (unpaired) electrons. The van der Waals surface area contributed by atoms with Gasteiger partial charge >= 0.3 is 0 Å². The lowest BCUT2D eigenvalue weighted by Crippen LogP contribution is -2.50. The summed E-state index contributed by atoms with van der Waals surface area (Å²) in [5, 5.41) is 48.6. The summed E-state index contributed by atoms with van der Waals surface area (Å²) in [5.74, 6) is -0.107. The van der Waals surface area contributed by atoms with Crippen LogP contribution in [-0.2, 0) is 9.53 Å². The van der Waals surface area contributed by atoms with Crippen LogP contribution >= 0.6 is 0 Å². The van der Waals surface area contributed by atoms with Crippen molar-refractivity contribution in [2.75, 3.05) is 33.4 Å². The second-order valence-electron chi connectivity index (χ2n) is 10.2. The number of nitrogens with zero attached hydrogens (tertiary/aromatic N) is 1. The number of hydrogen-bond donors (Lipinski definition) is 5. The first-order valence-corrected chi connectivity index (χ1v) is 14.5. The van der Waals surface area contributed by atoms with Gasteiger partial charge in [0.1, 0.15) is 24.4 Å². The van der Waals surface area contributed by atoms with Gasteiger partial charge in [0.25, 0.3) is 0 Å². The molecule has 0 aliphatic carbocycles. The number of ether oxygens (including phenoxy) is 1. The zero-order valence-corrected chi connectivity index (χ0v) is 23.2. The van der Waals surface area contributed by atoms with Gasteiger partial charge in [-0.1, -0.05) is 96.8 Å². The van der Waals surface area contributed by atoms with Crippen LogP contribution in [0.4, 0.5) is 0 Å². The van der Waals surface area contributed by atoms with E-state index in [0.29, 0.717) is 26.0 Å². The van der Waals surface area contributed by atoms with Crippen LogP contribution in [0.5, 0.6) is 0 Å². The van der Waals surface area contributed by atoms with E-state index in [2.05, 4.69) is 6.92 Å². The van der Waals surface area contributed by atoms with Crippen molar-refractivity contribution in [3.05, 3.63) is 0 Å². The summed E-state index contributed by atoms with van der Waals surface area (Å²) in [6.45, 7) is 2.20. The van der Waals surface area contributed by atoms with Crippen molar-refractivity contribution in [2.45, 2.75) is 140 Å². The molecule has 0 aromatic heterocycles. The molecule has 0 saturated heterocycles. The molecule has 0 bridgehead atoms. The molecular weight excluding hydrogens is 462 g/mol. The Labute approximate surface area is 220 Å². The Morgan fingerprint density at radius 1 is 0.694 bits per heavy atom. The second kappa shape index (κ2) is 24.6. The lowest BCUT2D eigenvalue weighted by molar-refractivity contribution is -0.140. The molecule has 0 fully saturated rings. The van der Waals surface area contributed by atoms with Gasteiger partial charge in [0.15, 0.2) is 0 Å². The average Bonchev–Trinajstić information content (AvgIpc) is 2.88. The first kappa shape index (κ1) is 35.2. The van der Waals surface area contributed by atoms with Gasteiger partial charge in [0, 0.05) is 33.2 Å². The maximum atomic E-state index is 12.7. The smallest absolute Gasteiger partial charge is 0.222 e. The number of aliphatic hydroxyl groups excluding tert-OH is 5. The van der Waals surface area contributed by atoms with Gasteiger partial charge < -0.3 is 35.2 Å². The molecule has 0 aromatic carbocycles. The van der Waals surface area contributed by atoms with E-state index in [-0.39, 0.29) is 12.5 Å². The Bertz CT molecular complexity index is 495. The molecular formula is C28H57NO7. The predicted molar refractivity (Wildman–Crippen MR) is 144 cm³/mol. The maximum absolute atomic E-state index is 12.7. The van der Waals surface area contributed by atoms with Crippen molar-refractivity contribution in [2.24, 2.45) is 0 Å². The van der Waals surface area contributed by atoms with E-state index < -0.39 is 31.0 Å². The van der Waals surface area contributed by atoms with E-state index in [9.17, 15) is 25.2 Å². The Hall–Kier alpha value is -0.770. The zero-order valence-electron chi connectivity index (χ0n) is 23.2. The van der Waals surface area contributed by atoms with Crippen LogP contribution in [0.25, 0.3) is 0 Å². The fourth-order valence-corrected chi connectivity index (χ4v) is 4.42. The molecule has 0 rings (SSSR count). The minimum Gasteiger partial charge on any atom is -0.394 e. The third-order valence-electron chi connectivity index (χ3n) is 6.86. The molecule has 5 N–H and O–H groups in total. The van der Waals surface area contributed by atoms with Crippen molar-refractivity contribution < 1.29 is 35.1 Å². The number of rotatable bonds is 26.